The van der Waals surface area contributed by atoms with E-state index in [9.17, 15) is 0 Å². The van der Waals surface area contributed by atoms with Gasteiger partial charge in [-0.2, -0.15) is 11.8 Å². The van der Waals surface area contributed by atoms with Gasteiger partial charge in [0, 0.05) is 6.04 Å². The molecule has 84 valence electrons. The van der Waals surface area contributed by atoms with Crippen LogP contribution in [0.4, 0.5) is 0 Å². The zero-order valence-corrected chi connectivity index (χ0v) is 10.3. The highest BCUT2D eigenvalue weighted by molar-refractivity contribution is 7.99. The minimum Gasteiger partial charge on any atom is -0.328 e. The molecular weight excluding hydrogens is 190 g/mol. The maximum absolute atomic E-state index is 5.70. The van der Waals surface area contributed by atoms with Crippen LogP contribution in [0.2, 0.25) is 0 Å². The molecule has 0 heterocycles. The minimum atomic E-state index is 0.398. The molecule has 0 aliphatic heterocycles. The number of hydrogen-bond acceptors (Lipinski definition) is 2. The molecule has 2 N–H and O–H groups in total. The van der Waals surface area contributed by atoms with Gasteiger partial charge in [-0.15, -0.1) is 0 Å². The van der Waals surface area contributed by atoms with Crippen molar-refractivity contribution in [1.82, 2.24) is 0 Å². The Labute approximate surface area is 93.2 Å². The Morgan fingerprint density at radius 3 is 2.64 bits per heavy atom. The molecule has 14 heavy (non-hydrogen) atoms. The van der Waals surface area contributed by atoms with E-state index in [1.54, 1.807) is 0 Å². The van der Waals surface area contributed by atoms with Gasteiger partial charge in [0.25, 0.3) is 0 Å². The van der Waals surface area contributed by atoms with E-state index in [4.69, 9.17) is 5.73 Å². The molecule has 0 bridgehead atoms. The molecule has 0 spiro atoms. The lowest BCUT2D eigenvalue weighted by Gasteiger charge is -2.08. The van der Waals surface area contributed by atoms with E-state index in [2.05, 4.69) is 18.7 Å². The van der Waals surface area contributed by atoms with Gasteiger partial charge >= 0.3 is 0 Å². The lowest BCUT2D eigenvalue weighted by atomic mass is 10.1. The SMILES string of the molecule is CC(N)CCCCSCC1CCCC1. The van der Waals surface area contributed by atoms with Crippen LogP contribution in [0.25, 0.3) is 0 Å². The third kappa shape index (κ3) is 5.92. The number of rotatable bonds is 7. The van der Waals surface area contributed by atoms with Crippen LogP contribution in [0.15, 0.2) is 0 Å². The molecule has 1 fully saturated rings. The Balaban J connectivity index is 1.79. The monoisotopic (exact) mass is 215 g/mol. The summed E-state index contributed by atoms with van der Waals surface area (Å²) in [7, 11) is 0. The first kappa shape index (κ1) is 12.4. The van der Waals surface area contributed by atoms with E-state index >= 15 is 0 Å². The Kier molecular flexibility index (Phi) is 6.70. The van der Waals surface area contributed by atoms with E-state index in [1.165, 1.54) is 56.5 Å². The van der Waals surface area contributed by atoms with Gasteiger partial charge in [-0.3, -0.25) is 0 Å². The molecule has 0 radical (unpaired) electrons. The van der Waals surface area contributed by atoms with E-state index < -0.39 is 0 Å². The average Bonchev–Trinajstić information content (AvgIpc) is 2.63. The van der Waals surface area contributed by atoms with Gasteiger partial charge in [0.1, 0.15) is 0 Å². The summed E-state index contributed by atoms with van der Waals surface area (Å²) < 4.78 is 0. The first-order valence-electron chi connectivity index (χ1n) is 6.12. The van der Waals surface area contributed by atoms with Gasteiger partial charge in [-0.25, -0.2) is 0 Å². The third-order valence-corrected chi connectivity index (χ3v) is 4.31. The van der Waals surface area contributed by atoms with Crippen LogP contribution in [0.3, 0.4) is 0 Å². The van der Waals surface area contributed by atoms with Crippen LogP contribution >= 0.6 is 11.8 Å². The minimum absolute atomic E-state index is 0.398. The first-order valence-corrected chi connectivity index (χ1v) is 7.28. The van der Waals surface area contributed by atoms with Crippen LogP contribution in [0.1, 0.15) is 51.9 Å². The standard InChI is InChI=1S/C12H25NS/c1-11(13)6-4-5-9-14-10-12-7-2-3-8-12/h11-12H,2-10,13H2,1H3. The lowest BCUT2D eigenvalue weighted by Crippen LogP contribution is -2.14. The topological polar surface area (TPSA) is 26.0 Å². The number of nitrogens with two attached hydrogens (primary N) is 1. The van der Waals surface area contributed by atoms with E-state index in [0.717, 1.165) is 5.92 Å². The predicted octanol–water partition coefficient (Wildman–Crippen LogP) is 3.43. The van der Waals surface area contributed by atoms with E-state index in [1.807, 2.05) is 0 Å². The van der Waals surface area contributed by atoms with Crippen LogP contribution < -0.4 is 5.73 Å². The normalized spacial score (nSPS) is 20.1. The molecule has 1 aliphatic rings. The third-order valence-electron chi connectivity index (χ3n) is 3.03. The average molecular weight is 215 g/mol. The first-order chi connectivity index (χ1) is 6.79. The van der Waals surface area contributed by atoms with Crippen molar-refractivity contribution >= 4 is 11.8 Å². The van der Waals surface area contributed by atoms with Crippen molar-refractivity contribution in [3.8, 4) is 0 Å². The second-order valence-corrected chi connectivity index (χ2v) is 5.85. The van der Waals surface area contributed by atoms with Crippen molar-refractivity contribution in [3.63, 3.8) is 0 Å². The molecule has 1 unspecified atom stereocenters. The van der Waals surface area contributed by atoms with Crippen molar-refractivity contribution in [2.75, 3.05) is 11.5 Å². The van der Waals surface area contributed by atoms with Crippen molar-refractivity contribution < 1.29 is 0 Å². The number of unbranched alkanes of at least 4 members (excludes halogenated alkanes) is 1. The smallest absolute Gasteiger partial charge is 0.00104 e. The highest BCUT2D eigenvalue weighted by Crippen LogP contribution is 2.28. The Hall–Kier alpha value is 0.310. The Bertz CT molecular complexity index is 130. The molecule has 1 aliphatic carbocycles. The fourth-order valence-corrected chi connectivity index (χ4v) is 3.34. The van der Waals surface area contributed by atoms with Gasteiger partial charge in [0.05, 0.1) is 0 Å². The molecule has 1 nitrogen and oxygen atoms in total. The zero-order valence-electron chi connectivity index (χ0n) is 9.50. The van der Waals surface area contributed by atoms with Gasteiger partial charge in [-0.1, -0.05) is 19.3 Å². The maximum Gasteiger partial charge on any atom is 0.00104 e. The van der Waals surface area contributed by atoms with Crippen LogP contribution in [-0.2, 0) is 0 Å². The van der Waals surface area contributed by atoms with Crippen LogP contribution in [0, 0.1) is 5.92 Å². The second-order valence-electron chi connectivity index (χ2n) is 4.70. The highest BCUT2D eigenvalue weighted by atomic mass is 32.2. The molecule has 0 aromatic rings. The highest BCUT2D eigenvalue weighted by Gasteiger charge is 2.14. The Morgan fingerprint density at radius 2 is 2.00 bits per heavy atom. The molecule has 0 saturated heterocycles. The second kappa shape index (κ2) is 7.58. The summed E-state index contributed by atoms with van der Waals surface area (Å²) in [5, 5.41) is 0. The van der Waals surface area contributed by atoms with Crippen molar-refractivity contribution in [2.45, 2.75) is 57.9 Å². The van der Waals surface area contributed by atoms with E-state index in [-0.39, 0.29) is 0 Å². The summed E-state index contributed by atoms with van der Waals surface area (Å²) >= 11 is 2.16. The molecule has 1 rings (SSSR count). The van der Waals surface area contributed by atoms with Crippen molar-refractivity contribution in [1.29, 1.82) is 0 Å². The summed E-state index contributed by atoms with van der Waals surface area (Å²) in [5.74, 6) is 3.81. The molecule has 2 heteroatoms. The quantitative estimate of drug-likeness (QED) is 0.659. The van der Waals surface area contributed by atoms with Crippen molar-refractivity contribution in [3.05, 3.63) is 0 Å². The Morgan fingerprint density at radius 1 is 1.29 bits per heavy atom. The summed E-state index contributed by atoms with van der Waals surface area (Å²) in [4.78, 5) is 0. The molecule has 0 aromatic heterocycles. The predicted molar refractivity (Wildman–Crippen MR) is 66.8 cm³/mol. The van der Waals surface area contributed by atoms with E-state index in [0.29, 0.717) is 6.04 Å². The lowest BCUT2D eigenvalue weighted by molar-refractivity contribution is 0.613. The number of hydrogen-bond donors (Lipinski definition) is 1. The maximum atomic E-state index is 5.70. The summed E-state index contributed by atoms with van der Waals surface area (Å²) in [6.45, 7) is 2.10. The molecule has 0 amide bonds. The summed E-state index contributed by atoms with van der Waals surface area (Å²) in [5.41, 5.74) is 5.70. The molecule has 0 aromatic carbocycles. The van der Waals surface area contributed by atoms with Gasteiger partial charge in [0.2, 0.25) is 0 Å². The fraction of sp³-hybridized carbons (Fsp3) is 1.00. The number of thioether (sulfide) groups is 1. The zero-order chi connectivity index (χ0) is 10.2. The van der Waals surface area contributed by atoms with Crippen molar-refractivity contribution in [2.24, 2.45) is 11.7 Å². The molecule has 1 saturated carbocycles. The van der Waals surface area contributed by atoms with Gasteiger partial charge in [-0.05, 0) is 50.0 Å². The van der Waals surface area contributed by atoms with Crippen LogP contribution in [0.5, 0.6) is 0 Å². The van der Waals surface area contributed by atoms with Gasteiger partial charge in [0.15, 0.2) is 0 Å². The summed E-state index contributed by atoms with van der Waals surface area (Å²) in [6, 6.07) is 0.398. The molecular formula is C12H25NS. The molecule has 1 atom stereocenters. The van der Waals surface area contributed by atoms with Crippen LogP contribution in [-0.4, -0.2) is 17.5 Å². The van der Waals surface area contributed by atoms with Gasteiger partial charge < -0.3 is 5.73 Å². The fourth-order valence-electron chi connectivity index (χ4n) is 2.10. The largest absolute Gasteiger partial charge is 0.328 e. The summed E-state index contributed by atoms with van der Waals surface area (Å²) in [6.07, 6.45) is 9.82.